The van der Waals surface area contributed by atoms with Gasteiger partial charge in [0.15, 0.2) is 5.17 Å². The molecule has 7 heteroatoms. The average Bonchev–Trinajstić information content (AvgIpc) is 2.71. The first kappa shape index (κ1) is 19.1. The van der Waals surface area contributed by atoms with Crippen LogP contribution in [0.4, 0.5) is 5.69 Å². The Morgan fingerprint density at radius 3 is 2.36 bits per heavy atom. The molecule has 28 heavy (non-hydrogen) atoms. The van der Waals surface area contributed by atoms with Crippen LogP contribution in [0.5, 0.6) is 0 Å². The van der Waals surface area contributed by atoms with Gasteiger partial charge < -0.3 is 4.90 Å². The standard InChI is InChI=1S/C21H17ClN2O2S2/c22-18-11-5-4-10-17(18)15-27-21-23-28(25,26)20-13-7-6-12-19(20)24(21)14-16-8-2-1-3-9-16/h1-13H,14-15H2. The molecule has 0 aliphatic carbocycles. The molecular formula is C21H17ClN2O2S2. The number of hydrogen-bond acceptors (Lipinski definition) is 4. The molecule has 0 unspecified atom stereocenters. The molecular weight excluding hydrogens is 412 g/mol. The normalized spacial score (nSPS) is 15.0. The molecule has 3 aromatic carbocycles. The zero-order valence-corrected chi connectivity index (χ0v) is 17.2. The highest BCUT2D eigenvalue weighted by molar-refractivity contribution is 8.14. The Hall–Kier alpha value is -2.28. The van der Waals surface area contributed by atoms with Crippen LogP contribution in [0.25, 0.3) is 0 Å². The Kier molecular flexibility index (Phi) is 5.44. The third kappa shape index (κ3) is 3.94. The summed E-state index contributed by atoms with van der Waals surface area (Å²) in [5, 5.41) is 1.10. The molecule has 1 aliphatic rings. The van der Waals surface area contributed by atoms with Crippen LogP contribution in [0.3, 0.4) is 0 Å². The topological polar surface area (TPSA) is 49.7 Å². The van der Waals surface area contributed by atoms with Gasteiger partial charge in [-0.3, -0.25) is 0 Å². The highest BCUT2D eigenvalue weighted by Crippen LogP contribution is 2.36. The Labute approximate surface area is 173 Å². The van der Waals surface area contributed by atoms with Crippen molar-refractivity contribution in [3.05, 3.63) is 95.0 Å². The molecule has 4 rings (SSSR count). The number of anilines is 1. The number of sulfonamides is 1. The van der Waals surface area contributed by atoms with E-state index in [1.165, 1.54) is 11.8 Å². The lowest BCUT2D eigenvalue weighted by molar-refractivity contribution is 0.597. The Balaban J connectivity index is 1.71. The van der Waals surface area contributed by atoms with Gasteiger partial charge in [0.2, 0.25) is 0 Å². The number of nitrogens with zero attached hydrogens (tertiary/aromatic N) is 2. The van der Waals surface area contributed by atoms with Gasteiger partial charge in [-0.1, -0.05) is 84.0 Å². The van der Waals surface area contributed by atoms with Crippen LogP contribution in [-0.2, 0) is 22.3 Å². The van der Waals surface area contributed by atoms with E-state index >= 15 is 0 Å². The number of rotatable bonds is 4. The lowest BCUT2D eigenvalue weighted by Crippen LogP contribution is -2.33. The van der Waals surface area contributed by atoms with E-state index in [-0.39, 0.29) is 4.90 Å². The summed E-state index contributed by atoms with van der Waals surface area (Å²) in [7, 11) is -3.74. The minimum absolute atomic E-state index is 0.230. The maximum Gasteiger partial charge on any atom is 0.286 e. The predicted molar refractivity (Wildman–Crippen MR) is 116 cm³/mol. The first-order chi connectivity index (χ1) is 13.5. The molecule has 1 aliphatic heterocycles. The minimum atomic E-state index is -3.74. The fourth-order valence-electron chi connectivity index (χ4n) is 2.98. The number of fused-ring (bicyclic) bond motifs is 1. The van der Waals surface area contributed by atoms with Crippen LogP contribution in [0.15, 0.2) is 88.2 Å². The summed E-state index contributed by atoms with van der Waals surface area (Å²) >= 11 is 7.63. The van der Waals surface area contributed by atoms with E-state index in [0.717, 1.165) is 11.1 Å². The smallest absolute Gasteiger partial charge is 0.286 e. The first-order valence-corrected chi connectivity index (χ1v) is 11.5. The van der Waals surface area contributed by atoms with Crippen molar-refractivity contribution in [1.82, 2.24) is 0 Å². The molecule has 142 valence electrons. The van der Waals surface area contributed by atoms with Gasteiger partial charge in [0, 0.05) is 10.8 Å². The molecule has 0 saturated heterocycles. The number of amidine groups is 1. The summed E-state index contributed by atoms with van der Waals surface area (Å²) < 4.78 is 29.5. The van der Waals surface area contributed by atoms with Crippen molar-refractivity contribution in [3.63, 3.8) is 0 Å². The molecule has 0 fully saturated rings. The second kappa shape index (κ2) is 7.99. The second-order valence-corrected chi connectivity index (χ2v) is 9.19. The van der Waals surface area contributed by atoms with E-state index in [9.17, 15) is 8.42 Å². The monoisotopic (exact) mass is 428 g/mol. The molecule has 0 spiro atoms. The summed E-state index contributed by atoms with van der Waals surface area (Å²) in [4.78, 5) is 2.18. The van der Waals surface area contributed by atoms with Crippen molar-refractivity contribution in [2.75, 3.05) is 4.90 Å². The maximum absolute atomic E-state index is 12.7. The fourth-order valence-corrected chi connectivity index (χ4v) is 5.72. The zero-order chi connectivity index (χ0) is 19.6. The van der Waals surface area contributed by atoms with Gasteiger partial charge >= 0.3 is 0 Å². The van der Waals surface area contributed by atoms with E-state index in [1.807, 2.05) is 71.6 Å². The number of halogens is 1. The number of benzene rings is 3. The van der Waals surface area contributed by atoms with Crippen LogP contribution < -0.4 is 4.90 Å². The summed E-state index contributed by atoms with van der Waals surface area (Å²) in [6.07, 6.45) is 0. The SMILES string of the molecule is O=S1(=O)N=C(SCc2ccccc2Cl)N(Cc2ccccc2)c2ccccc21. The van der Waals surface area contributed by atoms with Crippen LogP contribution in [-0.4, -0.2) is 13.6 Å². The average molecular weight is 429 g/mol. The highest BCUT2D eigenvalue weighted by Gasteiger charge is 2.31. The van der Waals surface area contributed by atoms with Gasteiger partial charge in [0.05, 0.1) is 12.2 Å². The molecule has 0 aromatic heterocycles. The van der Waals surface area contributed by atoms with Crippen molar-refractivity contribution >= 4 is 44.2 Å². The number of hydrogen-bond donors (Lipinski definition) is 0. The van der Waals surface area contributed by atoms with Crippen molar-refractivity contribution in [3.8, 4) is 0 Å². The third-order valence-electron chi connectivity index (χ3n) is 4.36. The van der Waals surface area contributed by atoms with E-state index < -0.39 is 10.0 Å². The maximum atomic E-state index is 12.7. The van der Waals surface area contributed by atoms with Crippen LogP contribution in [0, 0.1) is 0 Å². The Morgan fingerprint density at radius 1 is 0.893 bits per heavy atom. The van der Waals surface area contributed by atoms with Gasteiger partial charge in [-0.25, -0.2) is 0 Å². The number of para-hydroxylation sites is 1. The molecule has 0 N–H and O–H groups in total. The van der Waals surface area contributed by atoms with Crippen molar-refractivity contribution in [2.24, 2.45) is 4.40 Å². The van der Waals surface area contributed by atoms with E-state index in [0.29, 0.717) is 28.2 Å². The van der Waals surface area contributed by atoms with E-state index in [2.05, 4.69) is 4.40 Å². The quantitative estimate of drug-likeness (QED) is 0.562. The van der Waals surface area contributed by atoms with Crippen molar-refractivity contribution < 1.29 is 8.42 Å². The van der Waals surface area contributed by atoms with E-state index in [1.54, 1.807) is 12.1 Å². The molecule has 4 nitrogen and oxygen atoms in total. The molecule has 0 saturated carbocycles. The molecule has 0 atom stereocenters. The predicted octanol–water partition coefficient (Wildman–Crippen LogP) is 5.34. The van der Waals surface area contributed by atoms with Crippen LogP contribution >= 0.6 is 23.4 Å². The highest BCUT2D eigenvalue weighted by atomic mass is 35.5. The van der Waals surface area contributed by atoms with Crippen molar-refractivity contribution in [2.45, 2.75) is 17.2 Å². The van der Waals surface area contributed by atoms with Crippen molar-refractivity contribution in [1.29, 1.82) is 0 Å². The summed E-state index contributed by atoms with van der Waals surface area (Å²) in [6, 6.07) is 24.4. The van der Waals surface area contributed by atoms with Gasteiger partial charge in [-0.2, -0.15) is 8.42 Å². The summed E-state index contributed by atoms with van der Waals surface area (Å²) in [5.74, 6) is 0.529. The van der Waals surface area contributed by atoms with E-state index in [4.69, 9.17) is 11.6 Å². The number of thioether (sulfide) groups is 1. The van der Waals surface area contributed by atoms with Crippen LogP contribution in [0.2, 0.25) is 5.02 Å². The molecule has 0 amide bonds. The van der Waals surface area contributed by atoms with Gasteiger partial charge in [0.25, 0.3) is 10.0 Å². The first-order valence-electron chi connectivity index (χ1n) is 8.66. The minimum Gasteiger partial charge on any atom is -0.315 e. The Bertz CT molecular complexity index is 1130. The lowest BCUT2D eigenvalue weighted by Gasteiger charge is -2.30. The van der Waals surface area contributed by atoms with Gasteiger partial charge in [-0.05, 0) is 29.3 Å². The molecule has 1 heterocycles. The van der Waals surface area contributed by atoms with Gasteiger partial charge in [-0.15, -0.1) is 4.40 Å². The lowest BCUT2D eigenvalue weighted by atomic mass is 10.2. The second-order valence-electron chi connectivity index (χ2n) is 6.27. The van der Waals surface area contributed by atoms with Gasteiger partial charge in [0.1, 0.15) is 4.90 Å². The summed E-state index contributed by atoms with van der Waals surface area (Å²) in [6.45, 7) is 0.529. The molecule has 0 radical (unpaired) electrons. The summed E-state index contributed by atoms with van der Waals surface area (Å²) in [5.41, 5.74) is 2.65. The Morgan fingerprint density at radius 2 is 1.57 bits per heavy atom. The zero-order valence-electron chi connectivity index (χ0n) is 14.8. The molecule has 3 aromatic rings. The largest absolute Gasteiger partial charge is 0.315 e. The third-order valence-corrected chi connectivity index (χ3v) is 7.19. The molecule has 0 bridgehead atoms. The fraction of sp³-hybridized carbons (Fsp3) is 0.0952. The van der Waals surface area contributed by atoms with Crippen LogP contribution in [0.1, 0.15) is 11.1 Å².